The molecule has 86 valence electrons. The molecule has 1 aromatic rings. The number of rotatable bonds is 6. The number of aryl methyl sites for hydroxylation is 1. The van der Waals surface area contributed by atoms with Gasteiger partial charge in [0.25, 0.3) is 0 Å². The van der Waals surface area contributed by atoms with Crippen molar-refractivity contribution in [2.24, 2.45) is 7.05 Å². The van der Waals surface area contributed by atoms with Crippen LogP contribution in [0.4, 0.5) is 0 Å². The lowest BCUT2D eigenvalue weighted by atomic mass is 10.4. The van der Waals surface area contributed by atoms with Crippen LogP contribution in [0.3, 0.4) is 0 Å². The summed E-state index contributed by atoms with van der Waals surface area (Å²) >= 11 is 0. The smallest absolute Gasteiger partial charge is 0.243 e. The van der Waals surface area contributed by atoms with E-state index in [-0.39, 0.29) is 4.90 Å². The first kappa shape index (κ1) is 12.2. The van der Waals surface area contributed by atoms with Crippen LogP contribution < -0.4 is 10.0 Å². The van der Waals surface area contributed by atoms with Gasteiger partial charge in [0, 0.05) is 19.8 Å². The van der Waals surface area contributed by atoms with Gasteiger partial charge < -0.3 is 5.32 Å². The average molecular weight is 232 g/mol. The number of sulfonamides is 1. The predicted molar refractivity (Wildman–Crippen MR) is 56.9 cm³/mol. The van der Waals surface area contributed by atoms with Crippen molar-refractivity contribution in [1.29, 1.82) is 0 Å². The summed E-state index contributed by atoms with van der Waals surface area (Å²) in [5.74, 6) is 0. The molecule has 0 atom stereocenters. The van der Waals surface area contributed by atoms with Crippen molar-refractivity contribution < 1.29 is 8.42 Å². The molecule has 0 aliphatic rings. The Morgan fingerprint density at radius 2 is 2.20 bits per heavy atom. The van der Waals surface area contributed by atoms with Gasteiger partial charge in [0.15, 0.2) is 0 Å². The minimum absolute atomic E-state index is 0.203. The van der Waals surface area contributed by atoms with Crippen molar-refractivity contribution in [2.75, 3.05) is 20.1 Å². The van der Waals surface area contributed by atoms with Crippen LogP contribution in [-0.2, 0) is 17.1 Å². The maximum absolute atomic E-state index is 11.6. The predicted octanol–water partition coefficient (Wildman–Crippen LogP) is -0.692. The van der Waals surface area contributed by atoms with Gasteiger partial charge >= 0.3 is 0 Å². The van der Waals surface area contributed by atoms with Crippen molar-refractivity contribution in [3.05, 3.63) is 12.4 Å². The molecule has 0 bridgehead atoms. The van der Waals surface area contributed by atoms with E-state index in [0.717, 1.165) is 13.0 Å². The Morgan fingerprint density at radius 3 is 2.73 bits per heavy atom. The monoisotopic (exact) mass is 232 g/mol. The van der Waals surface area contributed by atoms with E-state index in [4.69, 9.17) is 0 Å². The first-order valence-electron chi connectivity index (χ1n) is 4.69. The van der Waals surface area contributed by atoms with Gasteiger partial charge in [-0.3, -0.25) is 4.68 Å². The molecule has 1 heterocycles. The van der Waals surface area contributed by atoms with Crippen LogP contribution in [0.5, 0.6) is 0 Å². The second kappa shape index (κ2) is 5.24. The van der Waals surface area contributed by atoms with E-state index in [1.165, 1.54) is 17.1 Å². The summed E-state index contributed by atoms with van der Waals surface area (Å²) in [4.78, 5) is 0.203. The topological polar surface area (TPSA) is 76.0 Å². The van der Waals surface area contributed by atoms with Crippen molar-refractivity contribution >= 4 is 10.0 Å². The molecule has 0 aliphatic carbocycles. The fourth-order valence-corrected chi connectivity index (χ4v) is 2.15. The summed E-state index contributed by atoms with van der Waals surface area (Å²) in [5.41, 5.74) is 0. The van der Waals surface area contributed by atoms with Crippen molar-refractivity contribution in [1.82, 2.24) is 19.8 Å². The number of nitrogens with one attached hydrogen (secondary N) is 2. The highest BCUT2D eigenvalue weighted by Crippen LogP contribution is 2.05. The fourth-order valence-electron chi connectivity index (χ4n) is 1.09. The minimum atomic E-state index is -3.38. The van der Waals surface area contributed by atoms with Gasteiger partial charge in [0.1, 0.15) is 4.90 Å². The molecule has 0 radical (unpaired) electrons. The summed E-state index contributed by atoms with van der Waals surface area (Å²) in [6.07, 6.45) is 3.57. The molecule has 7 heteroatoms. The molecule has 0 fully saturated rings. The summed E-state index contributed by atoms with van der Waals surface area (Å²) < 4.78 is 27.2. The second-order valence-electron chi connectivity index (χ2n) is 3.20. The quantitative estimate of drug-likeness (QED) is 0.636. The Bertz CT molecular complexity index is 399. The number of hydrogen-bond donors (Lipinski definition) is 2. The van der Waals surface area contributed by atoms with E-state index in [1.807, 2.05) is 7.05 Å². The second-order valence-corrected chi connectivity index (χ2v) is 4.97. The number of nitrogens with zero attached hydrogens (tertiary/aromatic N) is 2. The summed E-state index contributed by atoms with van der Waals surface area (Å²) in [7, 11) is 0.129. The lowest BCUT2D eigenvalue weighted by Crippen LogP contribution is -2.26. The zero-order valence-electron chi connectivity index (χ0n) is 8.90. The first-order chi connectivity index (χ1) is 7.06. The Hall–Kier alpha value is -0.920. The molecule has 0 unspecified atom stereocenters. The fraction of sp³-hybridized carbons (Fsp3) is 0.625. The van der Waals surface area contributed by atoms with E-state index in [1.54, 1.807) is 7.05 Å². The molecule has 15 heavy (non-hydrogen) atoms. The molecule has 0 aromatic carbocycles. The lowest BCUT2D eigenvalue weighted by Gasteiger charge is -2.03. The van der Waals surface area contributed by atoms with Gasteiger partial charge in [-0.1, -0.05) is 0 Å². The molecule has 0 aliphatic heterocycles. The van der Waals surface area contributed by atoms with Crippen LogP contribution in [0.1, 0.15) is 6.42 Å². The zero-order valence-corrected chi connectivity index (χ0v) is 9.71. The molecular weight excluding hydrogens is 216 g/mol. The lowest BCUT2D eigenvalue weighted by molar-refractivity contribution is 0.577. The Balaban J connectivity index is 2.53. The SMILES string of the molecule is CNCCCNS(=O)(=O)c1cnn(C)c1. The van der Waals surface area contributed by atoms with Crippen LogP contribution in [0.2, 0.25) is 0 Å². The average Bonchev–Trinajstić information content (AvgIpc) is 2.60. The highest BCUT2D eigenvalue weighted by atomic mass is 32.2. The third-order valence-electron chi connectivity index (χ3n) is 1.89. The van der Waals surface area contributed by atoms with E-state index in [9.17, 15) is 8.42 Å². The number of aromatic nitrogens is 2. The number of hydrogen-bond acceptors (Lipinski definition) is 4. The van der Waals surface area contributed by atoms with Crippen molar-refractivity contribution in [3.8, 4) is 0 Å². The maximum Gasteiger partial charge on any atom is 0.243 e. The van der Waals surface area contributed by atoms with Crippen molar-refractivity contribution in [3.63, 3.8) is 0 Å². The summed E-state index contributed by atoms with van der Waals surface area (Å²) in [5, 5.41) is 6.76. The molecule has 0 amide bonds. The van der Waals surface area contributed by atoms with Crippen LogP contribution >= 0.6 is 0 Å². The third kappa shape index (κ3) is 3.61. The van der Waals surface area contributed by atoms with Crippen LogP contribution in [0.15, 0.2) is 17.3 Å². The van der Waals surface area contributed by atoms with Crippen LogP contribution in [0.25, 0.3) is 0 Å². The van der Waals surface area contributed by atoms with E-state index < -0.39 is 10.0 Å². The van der Waals surface area contributed by atoms with E-state index >= 15 is 0 Å². The Kier molecular flexibility index (Phi) is 4.25. The zero-order chi connectivity index (χ0) is 11.3. The highest BCUT2D eigenvalue weighted by Gasteiger charge is 2.14. The Labute approximate surface area is 89.7 Å². The minimum Gasteiger partial charge on any atom is -0.320 e. The summed E-state index contributed by atoms with van der Waals surface area (Å²) in [6.45, 7) is 1.22. The highest BCUT2D eigenvalue weighted by molar-refractivity contribution is 7.89. The van der Waals surface area contributed by atoms with Gasteiger partial charge in [-0.05, 0) is 20.0 Å². The molecule has 1 rings (SSSR count). The maximum atomic E-state index is 11.6. The van der Waals surface area contributed by atoms with E-state index in [2.05, 4.69) is 15.1 Å². The van der Waals surface area contributed by atoms with Crippen molar-refractivity contribution in [2.45, 2.75) is 11.3 Å². The van der Waals surface area contributed by atoms with Crippen LogP contribution in [0, 0.1) is 0 Å². The molecular formula is C8H16N4O2S. The van der Waals surface area contributed by atoms with Gasteiger partial charge in [-0.2, -0.15) is 5.10 Å². The first-order valence-corrected chi connectivity index (χ1v) is 6.17. The molecule has 2 N–H and O–H groups in total. The standard InChI is InChI=1S/C8H16N4O2S/c1-9-4-3-5-11-15(13,14)8-6-10-12(2)7-8/h6-7,9,11H,3-5H2,1-2H3. The van der Waals surface area contributed by atoms with Gasteiger partial charge in [-0.15, -0.1) is 0 Å². The molecule has 6 nitrogen and oxygen atoms in total. The molecule has 1 aromatic heterocycles. The largest absolute Gasteiger partial charge is 0.320 e. The molecule has 0 spiro atoms. The third-order valence-corrected chi connectivity index (χ3v) is 3.30. The van der Waals surface area contributed by atoms with Gasteiger partial charge in [-0.25, -0.2) is 13.1 Å². The van der Waals surface area contributed by atoms with Gasteiger partial charge in [0.2, 0.25) is 10.0 Å². The Morgan fingerprint density at radius 1 is 1.47 bits per heavy atom. The molecule has 0 saturated carbocycles. The van der Waals surface area contributed by atoms with Crippen LogP contribution in [-0.4, -0.2) is 38.3 Å². The summed E-state index contributed by atoms with van der Waals surface area (Å²) in [6, 6.07) is 0. The van der Waals surface area contributed by atoms with Gasteiger partial charge in [0.05, 0.1) is 6.20 Å². The normalized spacial score (nSPS) is 11.9. The molecule has 0 saturated heterocycles. The van der Waals surface area contributed by atoms with E-state index in [0.29, 0.717) is 6.54 Å².